The number of thiophene rings is 1. The predicted molar refractivity (Wildman–Crippen MR) is 258 cm³/mol. The van der Waals surface area contributed by atoms with Crippen molar-refractivity contribution < 1.29 is 9.15 Å². The summed E-state index contributed by atoms with van der Waals surface area (Å²) in [4.78, 5) is 15.7. The van der Waals surface area contributed by atoms with Crippen LogP contribution in [0.1, 0.15) is 45.1 Å². The molecule has 0 fully saturated rings. The van der Waals surface area contributed by atoms with Crippen LogP contribution in [0.3, 0.4) is 0 Å². The number of fused-ring (bicyclic) bond motifs is 15. The van der Waals surface area contributed by atoms with Gasteiger partial charge < -0.3 is 9.15 Å². The van der Waals surface area contributed by atoms with Crippen LogP contribution < -0.4 is 4.74 Å². The average molecular weight is 838 g/mol. The first kappa shape index (κ1) is 35.6. The van der Waals surface area contributed by atoms with E-state index in [-0.39, 0.29) is 5.92 Å². The summed E-state index contributed by atoms with van der Waals surface area (Å²) in [6, 6.07) is 64.6. The van der Waals surface area contributed by atoms with Gasteiger partial charge in [0.2, 0.25) is 0 Å². The van der Waals surface area contributed by atoms with Crippen LogP contribution in [-0.4, -0.2) is 15.0 Å². The Hall–Kier alpha value is -7.93. The lowest BCUT2D eigenvalue weighted by Crippen LogP contribution is -2.32. The van der Waals surface area contributed by atoms with Gasteiger partial charge >= 0.3 is 0 Å². The van der Waals surface area contributed by atoms with Crippen molar-refractivity contribution in [3.05, 3.63) is 227 Å². The molecule has 0 N–H and O–H groups in total. The molecule has 0 amide bonds. The quantitative estimate of drug-likeness (QED) is 0.177. The molecule has 0 saturated heterocycles. The normalized spacial score (nSPS) is 15.2. The van der Waals surface area contributed by atoms with E-state index in [2.05, 4.69) is 170 Å². The number of furan rings is 1. The van der Waals surface area contributed by atoms with E-state index in [1.54, 1.807) is 11.3 Å². The van der Waals surface area contributed by atoms with Crippen LogP contribution in [0.4, 0.5) is 0 Å². The number of hydrogen-bond acceptors (Lipinski definition) is 6. The zero-order valence-corrected chi connectivity index (χ0v) is 35.1. The van der Waals surface area contributed by atoms with Crippen LogP contribution in [-0.2, 0) is 11.8 Å². The Morgan fingerprint density at radius 3 is 2.00 bits per heavy atom. The van der Waals surface area contributed by atoms with E-state index >= 15 is 0 Å². The number of hydrogen-bond donors (Lipinski definition) is 0. The first-order chi connectivity index (χ1) is 31.7. The number of nitrogens with zero attached hydrogens (tertiary/aromatic N) is 3. The summed E-state index contributed by atoms with van der Waals surface area (Å²) in [6.45, 7) is 0. The molecular weight excluding hydrogens is 803 g/mol. The van der Waals surface area contributed by atoms with Gasteiger partial charge in [-0.25, -0.2) is 15.0 Å². The smallest absolute Gasteiger partial charge is 0.165 e. The molecule has 0 radical (unpaired) electrons. The topological polar surface area (TPSA) is 61.0 Å². The van der Waals surface area contributed by atoms with Gasteiger partial charge in [-0.05, 0) is 70.6 Å². The minimum Gasteiger partial charge on any atom is -0.457 e. The molecule has 1 spiro atoms. The fourth-order valence-corrected chi connectivity index (χ4v) is 12.0. The zero-order valence-electron chi connectivity index (χ0n) is 34.3. The van der Waals surface area contributed by atoms with Crippen LogP contribution in [0, 0.1) is 0 Å². The molecule has 0 bridgehead atoms. The van der Waals surface area contributed by atoms with Gasteiger partial charge in [0.25, 0.3) is 0 Å². The summed E-state index contributed by atoms with van der Waals surface area (Å²) >= 11 is 1.78. The third-order valence-electron chi connectivity index (χ3n) is 13.6. The standard InChI is InChI=1S/C58H35N3O2S/c1-2-14-34(15-3-1)55-59-56(61-57(60-55)42-20-12-18-40-39-17-5-11-27-52(39)64-54(40)42)41-19-13-26-51-53(41)43-32-35(29-31-48(43)62-51)36-28-30-38-37-16-4-6-21-44(37)58(47(38)33-36)45-22-7-9-24-49(45)63-50-25-10-8-23-46(50)58/h1-31,33,35H,32H2. The maximum Gasteiger partial charge on any atom is 0.165 e. The van der Waals surface area contributed by atoms with Crippen LogP contribution >= 0.6 is 11.3 Å². The molecule has 1 atom stereocenters. The second kappa shape index (κ2) is 13.5. The highest BCUT2D eigenvalue weighted by molar-refractivity contribution is 7.26. The largest absolute Gasteiger partial charge is 0.457 e. The van der Waals surface area contributed by atoms with Crippen LogP contribution in [0.25, 0.3) is 82.5 Å². The van der Waals surface area contributed by atoms with Gasteiger partial charge in [0.05, 0.1) is 5.41 Å². The predicted octanol–water partition coefficient (Wildman–Crippen LogP) is 14.8. The Kier molecular flexibility index (Phi) is 7.54. The van der Waals surface area contributed by atoms with Crippen molar-refractivity contribution >= 4 is 48.6 Å². The molecule has 3 aromatic heterocycles. The third kappa shape index (κ3) is 5.03. The Morgan fingerprint density at radius 2 is 1.16 bits per heavy atom. The Labute approximate surface area is 372 Å². The number of aromatic nitrogens is 3. The lowest BCUT2D eigenvalue weighted by Gasteiger charge is -2.39. The van der Waals surface area contributed by atoms with Gasteiger partial charge in [0.15, 0.2) is 17.5 Å². The minimum atomic E-state index is -0.528. The molecule has 0 saturated carbocycles. The summed E-state index contributed by atoms with van der Waals surface area (Å²) in [5, 5.41) is 3.49. The van der Waals surface area contributed by atoms with Crippen molar-refractivity contribution in [3.8, 4) is 56.8 Å². The molecule has 64 heavy (non-hydrogen) atoms. The molecule has 6 heteroatoms. The Morgan fingerprint density at radius 1 is 0.516 bits per heavy atom. The number of ether oxygens (including phenoxy) is 1. The first-order valence-corrected chi connectivity index (χ1v) is 22.6. The number of allylic oxidation sites excluding steroid dienone is 1. The fraction of sp³-hybridized carbons (Fsp3) is 0.0517. The summed E-state index contributed by atoms with van der Waals surface area (Å²) in [5.41, 5.74) is 13.0. The Balaban J connectivity index is 0.925. The van der Waals surface area contributed by atoms with Crippen LogP contribution in [0.5, 0.6) is 11.5 Å². The maximum atomic E-state index is 6.67. The monoisotopic (exact) mass is 837 g/mol. The molecule has 8 aromatic carbocycles. The molecule has 1 unspecified atom stereocenters. The molecule has 1 aliphatic heterocycles. The lowest BCUT2D eigenvalue weighted by molar-refractivity contribution is 0.436. The first-order valence-electron chi connectivity index (χ1n) is 21.8. The van der Waals surface area contributed by atoms with Crippen molar-refractivity contribution in [2.45, 2.75) is 17.8 Å². The molecular formula is C58H35N3O2S. The zero-order chi connectivity index (χ0) is 41.9. The van der Waals surface area contributed by atoms with Crippen molar-refractivity contribution in [2.24, 2.45) is 0 Å². The molecule has 5 nitrogen and oxygen atoms in total. The van der Waals surface area contributed by atoms with Gasteiger partial charge in [-0.2, -0.15) is 0 Å². The van der Waals surface area contributed by atoms with E-state index in [0.29, 0.717) is 17.5 Å². The van der Waals surface area contributed by atoms with Gasteiger partial charge in [-0.1, -0.05) is 158 Å². The summed E-state index contributed by atoms with van der Waals surface area (Å²) in [7, 11) is 0. The van der Waals surface area contributed by atoms with Crippen LogP contribution in [0.15, 0.2) is 192 Å². The van der Waals surface area contributed by atoms with E-state index in [4.69, 9.17) is 24.1 Å². The second-order valence-electron chi connectivity index (χ2n) is 16.9. The van der Waals surface area contributed by atoms with Crippen LogP contribution in [0.2, 0.25) is 0 Å². The third-order valence-corrected chi connectivity index (χ3v) is 14.8. The van der Waals surface area contributed by atoms with E-state index < -0.39 is 5.41 Å². The van der Waals surface area contributed by atoms with E-state index in [9.17, 15) is 0 Å². The van der Waals surface area contributed by atoms with E-state index in [0.717, 1.165) is 56.9 Å². The minimum absolute atomic E-state index is 0.0945. The Bertz CT molecular complexity index is 3720. The lowest BCUT2D eigenvalue weighted by atomic mass is 9.65. The van der Waals surface area contributed by atoms with Gasteiger partial charge in [0.1, 0.15) is 22.8 Å². The molecule has 14 rings (SSSR count). The average Bonchev–Trinajstić information content (AvgIpc) is 4.02. The highest BCUT2D eigenvalue weighted by atomic mass is 32.1. The number of para-hydroxylation sites is 2. The van der Waals surface area contributed by atoms with Crippen molar-refractivity contribution in [2.75, 3.05) is 0 Å². The molecule has 2 aliphatic carbocycles. The molecule has 3 aliphatic rings. The number of rotatable bonds is 4. The summed E-state index contributed by atoms with van der Waals surface area (Å²) < 4.78 is 15.7. The van der Waals surface area contributed by atoms with Crippen molar-refractivity contribution in [1.29, 1.82) is 0 Å². The maximum absolute atomic E-state index is 6.67. The van der Waals surface area contributed by atoms with E-state index in [1.165, 1.54) is 59.1 Å². The molecule has 4 heterocycles. The SMILES string of the molecule is C1=CC(c2ccc3c(c2)C2(c4ccccc4Oc4ccccc42)c2ccccc2-3)Cc2c1oc1cccc(-c3nc(-c4ccccc4)nc(-c4cccc5c4sc4ccccc45)n3)c21. The molecule has 11 aromatic rings. The van der Waals surface area contributed by atoms with Crippen molar-refractivity contribution in [3.63, 3.8) is 0 Å². The fourth-order valence-electron chi connectivity index (χ4n) is 10.8. The number of benzene rings is 8. The van der Waals surface area contributed by atoms with Crippen molar-refractivity contribution in [1.82, 2.24) is 15.0 Å². The summed E-state index contributed by atoms with van der Waals surface area (Å²) in [5.74, 6) is 4.67. The highest BCUT2D eigenvalue weighted by Gasteiger charge is 2.51. The van der Waals surface area contributed by atoms with Gasteiger partial charge in [-0.15, -0.1) is 11.3 Å². The van der Waals surface area contributed by atoms with Gasteiger partial charge in [-0.3, -0.25) is 0 Å². The summed E-state index contributed by atoms with van der Waals surface area (Å²) in [6.07, 6.45) is 5.24. The molecule has 300 valence electrons. The van der Waals surface area contributed by atoms with Gasteiger partial charge in [0, 0.05) is 64.9 Å². The second-order valence-corrected chi connectivity index (χ2v) is 18.0. The highest BCUT2D eigenvalue weighted by Crippen LogP contribution is 2.62. The van der Waals surface area contributed by atoms with E-state index in [1.807, 2.05) is 24.3 Å².